The fraction of sp³-hybridized carbons (Fsp3) is 0.500. The average Bonchev–Trinajstić information content (AvgIpc) is 2.31. The SMILES string of the molecule is NC1(C(=O)Nc2cccnn2)CCOCC1. The molecule has 1 amide bonds. The van der Waals surface area contributed by atoms with Crippen LogP contribution in [-0.4, -0.2) is 34.9 Å². The van der Waals surface area contributed by atoms with Gasteiger partial charge in [-0.1, -0.05) is 0 Å². The molecule has 1 aliphatic rings. The topological polar surface area (TPSA) is 90.1 Å². The van der Waals surface area contributed by atoms with Crippen molar-refractivity contribution in [3.05, 3.63) is 18.3 Å². The maximum Gasteiger partial charge on any atom is 0.245 e. The van der Waals surface area contributed by atoms with E-state index in [0.29, 0.717) is 31.9 Å². The third kappa shape index (κ3) is 2.34. The zero-order valence-electron chi connectivity index (χ0n) is 8.85. The van der Waals surface area contributed by atoms with E-state index < -0.39 is 5.54 Å². The van der Waals surface area contributed by atoms with Crippen LogP contribution in [0.15, 0.2) is 18.3 Å². The molecule has 1 aromatic rings. The van der Waals surface area contributed by atoms with Gasteiger partial charge in [-0.3, -0.25) is 4.79 Å². The molecular weight excluding hydrogens is 208 g/mol. The van der Waals surface area contributed by atoms with Gasteiger partial charge in [0.15, 0.2) is 5.82 Å². The molecule has 3 N–H and O–H groups in total. The van der Waals surface area contributed by atoms with Crippen LogP contribution in [0.5, 0.6) is 0 Å². The average molecular weight is 222 g/mol. The molecule has 2 heterocycles. The highest BCUT2D eigenvalue weighted by Gasteiger charge is 2.36. The third-order valence-electron chi connectivity index (χ3n) is 2.65. The highest BCUT2D eigenvalue weighted by atomic mass is 16.5. The molecule has 1 fully saturated rings. The number of anilines is 1. The Labute approximate surface area is 93.2 Å². The van der Waals surface area contributed by atoms with E-state index in [1.807, 2.05) is 0 Å². The van der Waals surface area contributed by atoms with Crippen LogP contribution < -0.4 is 11.1 Å². The lowest BCUT2D eigenvalue weighted by Gasteiger charge is -2.31. The van der Waals surface area contributed by atoms with E-state index in [1.165, 1.54) is 0 Å². The first kappa shape index (κ1) is 11.0. The van der Waals surface area contributed by atoms with E-state index in [0.717, 1.165) is 0 Å². The van der Waals surface area contributed by atoms with Gasteiger partial charge in [-0.15, -0.1) is 5.10 Å². The van der Waals surface area contributed by atoms with Gasteiger partial charge in [-0.25, -0.2) is 0 Å². The lowest BCUT2D eigenvalue weighted by molar-refractivity contribution is -0.124. The van der Waals surface area contributed by atoms with Crippen molar-refractivity contribution in [1.82, 2.24) is 10.2 Å². The number of carbonyl (C=O) groups excluding carboxylic acids is 1. The maximum absolute atomic E-state index is 11.9. The summed E-state index contributed by atoms with van der Waals surface area (Å²) in [7, 11) is 0. The van der Waals surface area contributed by atoms with Crippen LogP contribution in [0.1, 0.15) is 12.8 Å². The minimum Gasteiger partial charge on any atom is -0.381 e. The van der Waals surface area contributed by atoms with Crippen LogP contribution >= 0.6 is 0 Å². The first-order chi connectivity index (χ1) is 7.71. The summed E-state index contributed by atoms with van der Waals surface area (Å²) in [6.07, 6.45) is 2.60. The van der Waals surface area contributed by atoms with Crippen molar-refractivity contribution in [3.63, 3.8) is 0 Å². The zero-order chi connectivity index (χ0) is 11.4. The van der Waals surface area contributed by atoms with E-state index in [4.69, 9.17) is 10.5 Å². The van der Waals surface area contributed by atoms with Crippen LogP contribution in [0.25, 0.3) is 0 Å². The summed E-state index contributed by atoms with van der Waals surface area (Å²) in [6, 6.07) is 3.38. The van der Waals surface area contributed by atoms with Gasteiger partial charge in [0.25, 0.3) is 0 Å². The third-order valence-corrected chi connectivity index (χ3v) is 2.65. The van der Waals surface area contributed by atoms with Gasteiger partial charge in [0.05, 0.1) is 0 Å². The molecule has 0 atom stereocenters. The summed E-state index contributed by atoms with van der Waals surface area (Å²) in [5.41, 5.74) is 5.16. The summed E-state index contributed by atoms with van der Waals surface area (Å²) in [6.45, 7) is 1.04. The first-order valence-corrected chi connectivity index (χ1v) is 5.16. The predicted octanol–water partition coefficient (Wildman–Crippen LogP) is -0.0770. The molecule has 0 bridgehead atoms. The molecule has 6 nitrogen and oxygen atoms in total. The molecule has 2 rings (SSSR count). The number of nitrogens with zero attached hydrogens (tertiary/aromatic N) is 2. The number of amides is 1. The largest absolute Gasteiger partial charge is 0.381 e. The van der Waals surface area contributed by atoms with Gasteiger partial charge < -0.3 is 15.8 Å². The fourth-order valence-electron chi connectivity index (χ4n) is 1.57. The second-order valence-electron chi connectivity index (χ2n) is 3.83. The molecule has 0 aliphatic carbocycles. The van der Waals surface area contributed by atoms with Gasteiger partial charge in [0, 0.05) is 19.4 Å². The predicted molar refractivity (Wildman–Crippen MR) is 57.6 cm³/mol. The smallest absolute Gasteiger partial charge is 0.245 e. The Bertz CT molecular complexity index is 362. The number of rotatable bonds is 2. The summed E-state index contributed by atoms with van der Waals surface area (Å²) < 4.78 is 5.18. The molecule has 0 aromatic carbocycles. The molecule has 1 aromatic heterocycles. The van der Waals surface area contributed by atoms with Crippen LogP contribution in [0, 0.1) is 0 Å². The molecule has 1 saturated heterocycles. The van der Waals surface area contributed by atoms with Gasteiger partial charge in [-0.2, -0.15) is 5.10 Å². The Balaban J connectivity index is 2.02. The number of hydrogen-bond acceptors (Lipinski definition) is 5. The van der Waals surface area contributed by atoms with Gasteiger partial charge in [0.2, 0.25) is 5.91 Å². The number of ether oxygens (including phenoxy) is 1. The molecule has 86 valence electrons. The van der Waals surface area contributed by atoms with Crippen molar-refractivity contribution in [2.75, 3.05) is 18.5 Å². The number of aromatic nitrogens is 2. The molecule has 0 radical (unpaired) electrons. The summed E-state index contributed by atoms with van der Waals surface area (Å²) in [5.74, 6) is 0.195. The molecule has 0 saturated carbocycles. The van der Waals surface area contributed by atoms with Crippen molar-refractivity contribution >= 4 is 11.7 Å². The van der Waals surface area contributed by atoms with E-state index >= 15 is 0 Å². The van der Waals surface area contributed by atoms with Crippen LogP contribution in [0.3, 0.4) is 0 Å². The Kier molecular flexibility index (Phi) is 3.12. The normalized spacial score (nSPS) is 19.1. The number of hydrogen-bond donors (Lipinski definition) is 2. The number of nitrogens with two attached hydrogens (primary N) is 1. The van der Waals surface area contributed by atoms with Crippen molar-refractivity contribution in [3.8, 4) is 0 Å². The Morgan fingerprint density at radius 2 is 2.25 bits per heavy atom. The van der Waals surface area contributed by atoms with Crippen LogP contribution in [-0.2, 0) is 9.53 Å². The van der Waals surface area contributed by atoms with Crippen molar-refractivity contribution in [2.45, 2.75) is 18.4 Å². The highest BCUT2D eigenvalue weighted by molar-refractivity contribution is 5.97. The quantitative estimate of drug-likeness (QED) is 0.730. The standard InChI is InChI=1S/C10H14N4O2/c11-10(3-6-16-7-4-10)9(15)13-8-2-1-5-12-14-8/h1-2,5H,3-4,6-7,11H2,(H,13,14,15). The molecule has 16 heavy (non-hydrogen) atoms. The molecular formula is C10H14N4O2. The first-order valence-electron chi connectivity index (χ1n) is 5.16. The summed E-state index contributed by atoms with van der Waals surface area (Å²) >= 11 is 0. The summed E-state index contributed by atoms with van der Waals surface area (Å²) in [4.78, 5) is 11.9. The fourth-order valence-corrected chi connectivity index (χ4v) is 1.57. The Morgan fingerprint density at radius 3 is 2.88 bits per heavy atom. The number of nitrogens with one attached hydrogen (secondary N) is 1. The number of carbonyl (C=O) groups is 1. The summed E-state index contributed by atoms with van der Waals surface area (Å²) in [5, 5.41) is 10.1. The van der Waals surface area contributed by atoms with Gasteiger partial charge in [0.1, 0.15) is 5.54 Å². The minimum absolute atomic E-state index is 0.226. The van der Waals surface area contributed by atoms with E-state index in [2.05, 4.69) is 15.5 Å². The van der Waals surface area contributed by atoms with E-state index in [-0.39, 0.29) is 5.91 Å². The molecule has 1 aliphatic heterocycles. The monoisotopic (exact) mass is 222 g/mol. The van der Waals surface area contributed by atoms with E-state index in [9.17, 15) is 4.79 Å². The van der Waals surface area contributed by atoms with Crippen LogP contribution in [0.4, 0.5) is 5.82 Å². The lowest BCUT2D eigenvalue weighted by atomic mass is 9.90. The minimum atomic E-state index is -0.851. The maximum atomic E-state index is 11.9. The second-order valence-corrected chi connectivity index (χ2v) is 3.83. The van der Waals surface area contributed by atoms with Crippen LogP contribution in [0.2, 0.25) is 0 Å². The van der Waals surface area contributed by atoms with Crippen molar-refractivity contribution in [2.24, 2.45) is 5.73 Å². The molecule has 0 unspecified atom stereocenters. The van der Waals surface area contributed by atoms with Gasteiger partial charge in [-0.05, 0) is 25.0 Å². The highest BCUT2D eigenvalue weighted by Crippen LogP contribution is 2.19. The van der Waals surface area contributed by atoms with Crippen molar-refractivity contribution < 1.29 is 9.53 Å². The zero-order valence-corrected chi connectivity index (χ0v) is 8.85. The van der Waals surface area contributed by atoms with Gasteiger partial charge >= 0.3 is 0 Å². The Morgan fingerprint density at radius 1 is 1.50 bits per heavy atom. The van der Waals surface area contributed by atoms with Crippen molar-refractivity contribution in [1.29, 1.82) is 0 Å². The second kappa shape index (κ2) is 4.54. The molecule has 6 heteroatoms. The molecule has 0 spiro atoms. The Hall–Kier alpha value is -1.53. The van der Waals surface area contributed by atoms with E-state index in [1.54, 1.807) is 18.3 Å². The lowest BCUT2D eigenvalue weighted by Crippen LogP contribution is -2.54.